The monoisotopic (exact) mass is 423 g/mol. The largest absolute Gasteiger partial charge is 0.497 e. The number of aliphatic hydroxyl groups excluding tert-OH is 1. The van der Waals surface area contributed by atoms with Crippen molar-refractivity contribution >= 4 is 5.91 Å². The maximum absolute atomic E-state index is 12.9. The standard InChI is InChI=1S/C22H25N5O4/c1-30-20-6-2-16(3-7-20)18-10-11-26(12-18)22(29)17-4-8-21(9-5-17)31-14-19(28)13-27-24-15-23-25-27/h2-9,15,18-19,28H,10-14H2,1H3/t18?,19-/m1/s1. The second kappa shape index (κ2) is 9.57. The van der Waals surface area contributed by atoms with Crippen LogP contribution in [0.3, 0.4) is 0 Å². The van der Waals surface area contributed by atoms with Crippen LogP contribution in [0.5, 0.6) is 11.5 Å². The Morgan fingerprint density at radius 2 is 1.90 bits per heavy atom. The molecule has 2 heterocycles. The minimum absolute atomic E-state index is 0.0138. The van der Waals surface area contributed by atoms with Crippen LogP contribution in [0, 0.1) is 0 Å². The molecule has 0 spiro atoms. The van der Waals surface area contributed by atoms with E-state index in [4.69, 9.17) is 9.47 Å². The number of carbonyl (C=O) groups excluding carboxylic acids is 1. The predicted molar refractivity (Wildman–Crippen MR) is 112 cm³/mol. The molecule has 1 fully saturated rings. The zero-order chi connectivity index (χ0) is 21.6. The Kier molecular flexibility index (Phi) is 6.42. The average molecular weight is 423 g/mol. The first-order valence-corrected chi connectivity index (χ1v) is 10.2. The van der Waals surface area contributed by atoms with Gasteiger partial charge in [-0.2, -0.15) is 4.80 Å². The minimum atomic E-state index is -0.769. The van der Waals surface area contributed by atoms with Crippen molar-refractivity contribution in [2.75, 3.05) is 26.8 Å². The van der Waals surface area contributed by atoms with Crippen LogP contribution in [-0.2, 0) is 6.54 Å². The summed E-state index contributed by atoms with van der Waals surface area (Å²) in [7, 11) is 1.65. The van der Waals surface area contributed by atoms with E-state index in [1.54, 1.807) is 31.4 Å². The third kappa shape index (κ3) is 5.18. The van der Waals surface area contributed by atoms with E-state index in [0.717, 1.165) is 18.7 Å². The van der Waals surface area contributed by atoms with Gasteiger partial charge in [0.25, 0.3) is 5.91 Å². The van der Waals surface area contributed by atoms with Gasteiger partial charge in [-0.25, -0.2) is 0 Å². The lowest BCUT2D eigenvalue weighted by atomic mass is 9.98. The number of hydrogen-bond donors (Lipinski definition) is 1. The summed E-state index contributed by atoms with van der Waals surface area (Å²) < 4.78 is 10.8. The molecule has 1 N–H and O–H groups in total. The molecule has 9 nitrogen and oxygen atoms in total. The van der Waals surface area contributed by atoms with E-state index in [2.05, 4.69) is 27.5 Å². The lowest BCUT2D eigenvalue weighted by Crippen LogP contribution is -2.28. The summed E-state index contributed by atoms with van der Waals surface area (Å²) in [6.07, 6.45) is 1.48. The van der Waals surface area contributed by atoms with E-state index >= 15 is 0 Å². The van der Waals surface area contributed by atoms with Crippen molar-refractivity contribution in [3.63, 3.8) is 0 Å². The van der Waals surface area contributed by atoms with E-state index in [1.807, 2.05) is 17.0 Å². The number of aliphatic hydroxyl groups is 1. The topological polar surface area (TPSA) is 103 Å². The lowest BCUT2D eigenvalue weighted by molar-refractivity contribution is 0.0788. The first kappa shape index (κ1) is 20.8. The van der Waals surface area contributed by atoms with Crippen molar-refractivity contribution in [2.45, 2.75) is 25.0 Å². The SMILES string of the molecule is COc1ccc(C2CCN(C(=O)c3ccc(OC[C@H](O)Cn4ncnn4)cc3)C2)cc1. The number of rotatable bonds is 8. The van der Waals surface area contributed by atoms with Gasteiger partial charge < -0.3 is 19.5 Å². The summed E-state index contributed by atoms with van der Waals surface area (Å²) in [5.74, 6) is 1.76. The molecule has 0 saturated carbocycles. The number of likely N-dealkylation sites (tertiary alicyclic amines) is 1. The Balaban J connectivity index is 1.28. The van der Waals surface area contributed by atoms with Crippen LogP contribution in [0.25, 0.3) is 0 Å². The first-order chi connectivity index (χ1) is 15.1. The number of aromatic nitrogens is 4. The highest BCUT2D eigenvalue weighted by molar-refractivity contribution is 5.94. The predicted octanol–water partition coefficient (Wildman–Crippen LogP) is 1.75. The van der Waals surface area contributed by atoms with Gasteiger partial charge in [-0.15, -0.1) is 10.2 Å². The molecule has 1 unspecified atom stereocenters. The average Bonchev–Trinajstić information content (AvgIpc) is 3.50. The van der Waals surface area contributed by atoms with Gasteiger partial charge in [0, 0.05) is 24.6 Å². The third-order valence-electron chi connectivity index (χ3n) is 5.37. The molecule has 2 aromatic carbocycles. The molecule has 1 saturated heterocycles. The van der Waals surface area contributed by atoms with Crippen LogP contribution < -0.4 is 9.47 Å². The molecule has 31 heavy (non-hydrogen) atoms. The number of methoxy groups -OCH3 is 1. The zero-order valence-corrected chi connectivity index (χ0v) is 17.3. The molecular formula is C22H25N5O4. The molecule has 0 aliphatic carbocycles. The van der Waals surface area contributed by atoms with Crippen LogP contribution in [0.15, 0.2) is 54.9 Å². The Labute approximate surface area is 180 Å². The highest BCUT2D eigenvalue weighted by Gasteiger charge is 2.28. The molecule has 162 valence electrons. The van der Waals surface area contributed by atoms with Gasteiger partial charge in [0.1, 0.15) is 24.2 Å². The van der Waals surface area contributed by atoms with Crippen molar-refractivity contribution < 1.29 is 19.4 Å². The van der Waals surface area contributed by atoms with Crippen LogP contribution in [0.2, 0.25) is 0 Å². The Morgan fingerprint density at radius 1 is 1.16 bits per heavy atom. The van der Waals surface area contributed by atoms with Crippen LogP contribution in [0.1, 0.15) is 28.3 Å². The second-order valence-electron chi connectivity index (χ2n) is 7.49. The van der Waals surface area contributed by atoms with Crippen LogP contribution in [0.4, 0.5) is 0 Å². The fourth-order valence-corrected chi connectivity index (χ4v) is 3.67. The van der Waals surface area contributed by atoms with E-state index in [0.29, 0.717) is 23.8 Å². The number of ether oxygens (including phenoxy) is 2. The van der Waals surface area contributed by atoms with Gasteiger partial charge in [-0.1, -0.05) is 12.1 Å². The smallest absolute Gasteiger partial charge is 0.253 e. The summed E-state index contributed by atoms with van der Waals surface area (Å²) in [4.78, 5) is 16.1. The first-order valence-electron chi connectivity index (χ1n) is 10.2. The summed E-state index contributed by atoms with van der Waals surface area (Å²) >= 11 is 0. The highest BCUT2D eigenvalue weighted by Crippen LogP contribution is 2.29. The quantitative estimate of drug-likeness (QED) is 0.589. The molecular weight excluding hydrogens is 398 g/mol. The highest BCUT2D eigenvalue weighted by atomic mass is 16.5. The molecule has 1 aliphatic heterocycles. The van der Waals surface area contributed by atoms with Gasteiger partial charge in [-0.05, 0) is 53.6 Å². The van der Waals surface area contributed by atoms with Gasteiger partial charge in [-0.3, -0.25) is 4.79 Å². The minimum Gasteiger partial charge on any atom is -0.497 e. The van der Waals surface area contributed by atoms with Crippen molar-refractivity contribution in [1.29, 1.82) is 0 Å². The molecule has 9 heteroatoms. The summed E-state index contributed by atoms with van der Waals surface area (Å²) in [6, 6.07) is 15.0. The van der Waals surface area contributed by atoms with Gasteiger partial charge in [0.15, 0.2) is 6.33 Å². The molecule has 1 aliphatic rings. The number of amides is 1. The normalized spacial score (nSPS) is 16.8. The van der Waals surface area contributed by atoms with Gasteiger partial charge in [0.2, 0.25) is 0 Å². The van der Waals surface area contributed by atoms with Crippen molar-refractivity contribution in [2.24, 2.45) is 0 Å². The van der Waals surface area contributed by atoms with E-state index in [1.165, 1.54) is 16.7 Å². The Hall–Kier alpha value is -3.46. The number of benzene rings is 2. The van der Waals surface area contributed by atoms with Crippen molar-refractivity contribution in [3.05, 3.63) is 66.0 Å². The summed E-state index contributed by atoms with van der Waals surface area (Å²) in [6.45, 7) is 1.72. The van der Waals surface area contributed by atoms with E-state index in [-0.39, 0.29) is 19.1 Å². The molecule has 2 atom stereocenters. The zero-order valence-electron chi connectivity index (χ0n) is 17.3. The molecule has 0 radical (unpaired) electrons. The molecule has 1 aromatic heterocycles. The Morgan fingerprint density at radius 3 is 2.58 bits per heavy atom. The number of hydrogen-bond acceptors (Lipinski definition) is 7. The van der Waals surface area contributed by atoms with Crippen LogP contribution >= 0.6 is 0 Å². The van der Waals surface area contributed by atoms with Gasteiger partial charge in [0.05, 0.1) is 13.7 Å². The molecule has 3 aromatic rings. The fourth-order valence-electron chi connectivity index (χ4n) is 3.67. The Bertz CT molecular complexity index is 976. The summed E-state index contributed by atoms with van der Waals surface area (Å²) in [5, 5.41) is 21.1. The van der Waals surface area contributed by atoms with Crippen molar-refractivity contribution in [1.82, 2.24) is 25.1 Å². The van der Waals surface area contributed by atoms with Crippen LogP contribution in [-0.4, -0.2) is 69.0 Å². The van der Waals surface area contributed by atoms with Gasteiger partial charge >= 0.3 is 0 Å². The maximum atomic E-state index is 12.9. The number of tetrazole rings is 1. The molecule has 4 rings (SSSR count). The molecule has 1 amide bonds. The lowest BCUT2D eigenvalue weighted by Gasteiger charge is -2.17. The number of carbonyl (C=O) groups is 1. The van der Waals surface area contributed by atoms with E-state index in [9.17, 15) is 9.90 Å². The summed E-state index contributed by atoms with van der Waals surface area (Å²) in [5.41, 5.74) is 1.84. The maximum Gasteiger partial charge on any atom is 0.253 e. The number of nitrogens with zero attached hydrogens (tertiary/aromatic N) is 5. The van der Waals surface area contributed by atoms with E-state index < -0.39 is 6.10 Å². The fraction of sp³-hybridized carbons (Fsp3) is 0.364. The molecule has 0 bridgehead atoms. The third-order valence-corrected chi connectivity index (χ3v) is 5.37. The second-order valence-corrected chi connectivity index (χ2v) is 7.49. The van der Waals surface area contributed by atoms with Crippen molar-refractivity contribution in [3.8, 4) is 11.5 Å².